The summed E-state index contributed by atoms with van der Waals surface area (Å²) in [4.78, 5) is 10.2. The maximum atomic E-state index is 10.6. The smallest absolute Gasteiger partial charge is 0.270 e. The molecule has 0 saturated carbocycles. The largest absolute Gasteiger partial charge is 0.381 e. The molecule has 0 amide bonds. The number of rotatable bonds is 4. The molecule has 1 aromatic rings. The summed E-state index contributed by atoms with van der Waals surface area (Å²) in [5.74, 6) is 0.493. The fourth-order valence-electron chi connectivity index (χ4n) is 2.04. The van der Waals surface area contributed by atoms with Gasteiger partial charge in [0, 0.05) is 40.9 Å². The minimum Gasteiger partial charge on any atom is -0.381 e. The summed E-state index contributed by atoms with van der Waals surface area (Å²) in [6.45, 7) is 3.70. The lowest BCUT2D eigenvalue weighted by Crippen LogP contribution is -2.26. The Morgan fingerprint density at radius 1 is 1.61 bits per heavy atom. The number of nitro benzene ring substituents is 1. The van der Waals surface area contributed by atoms with Gasteiger partial charge in [-0.25, -0.2) is 0 Å². The molecule has 1 aromatic carbocycles. The number of halogens is 1. The van der Waals surface area contributed by atoms with Crippen molar-refractivity contribution in [3.05, 3.63) is 32.8 Å². The van der Waals surface area contributed by atoms with Crippen LogP contribution in [0.2, 0.25) is 0 Å². The zero-order valence-corrected chi connectivity index (χ0v) is 11.6. The van der Waals surface area contributed by atoms with Gasteiger partial charge in [-0.2, -0.15) is 0 Å². The molecule has 2 atom stereocenters. The van der Waals surface area contributed by atoms with Gasteiger partial charge in [-0.05, 0) is 35.3 Å². The molecule has 2 rings (SSSR count). The molecule has 5 nitrogen and oxygen atoms in total. The summed E-state index contributed by atoms with van der Waals surface area (Å²) >= 11 is 3.35. The van der Waals surface area contributed by atoms with Crippen LogP contribution in [0.3, 0.4) is 0 Å². The van der Waals surface area contributed by atoms with E-state index >= 15 is 0 Å². The molecule has 0 bridgehead atoms. The van der Waals surface area contributed by atoms with Crippen molar-refractivity contribution in [3.8, 4) is 0 Å². The van der Waals surface area contributed by atoms with Gasteiger partial charge < -0.3 is 10.1 Å². The second-order valence-corrected chi connectivity index (χ2v) is 5.33. The van der Waals surface area contributed by atoms with Gasteiger partial charge in [0.15, 0.2) is 0 Å². The molecular formula is C12H15BrN2O3. The summed E-state index contributed by atoms with van der Waals surface area (Å²) in [5, 5.41) is 14.0. The summed E-state index contributed by atoms with van der Waals surface area (Å²) < 4.78 is 6.07. The van der Waals surface area contributed by atoms with Crippen LogP contribution in [0.15, 0.2) is 22.7 Å². The van der Waals surface area contributed by atoms with Gasteiger partial charge in [-0.3, -0.25) is 10.1 Å². The Balaban J connectivity index is 2.06. The average molecular weight is 315 g/mol. The lowest BCUT2D eigenvalue weighted by molar-refractivity contribution is -0.384. The van der Waals surface area contributed by atoms with Gasteiger partial charge in [0.25, 0.3) is 5.69 Å². The molecule has 2 unspecified atom stereocenters. The fourth-order valence-corrected chi connectivity index (χ4v) is 2.53. The van der Waals surface area contributed by atoms with Crippen molar-refractivity contribution >= 4 is 27.3 Å². The van der Waals surface area contributed by atoms with Crippen LogP contribution in [0.25, 0.3) is 0 Å². The highest BCUT2D eigenvalue weighted by Crippen LogP contribution is 2.29. The van der Waals surface area contributed by atoms with Crippen molar-refractivity contribution in [3.63, 3.8) is 0 Å². The van der Waals surface area contributed by atoms with E-state index in [1.807, 2.05) is 0 Å². The van der Waals surface area contributed by atoms with Crippen molar-refractivity contribution in [1.82, 2.24) is 0 Å². The summed E-state index contributed by atoms with van der Waals surface area (Å²) in [6.07, 6.45) is 1.05. The molecule has 18 heavy (non-hydrogen) atoms. The number of benzene rings is 1. The van der Waals surface area contributed by atoms with Crippen molar-refractivity contribution < 1.29 is 9.66 Å². The van der Waals surface area contributed by atoms with Crippen LogP contribution in [-0.4, -0.2) is 24.2 Å². The number of hydrogen-bond donors (Lipinski definition) is 1. The molecule has 1 N–H and O–H groups in total. The first-order chi connectivity index (χ1) is 8.58. The Labute approximate surface area is 114 Å². The first-order valence-corrected chi connectivity index (χ1v) is 6.65. The van der Waals surface area contributed by atoms with Crippen LogP contribution in [0.5, 0.6) is 0 Å². The zero-order valence-electron chi connectivity index (χ0n) is 10.1. The average Bonchev–Trinajstić information content (AvgIpc) is 2.85. The van der Waals surface area contributed by atoms with Crippen LogP contribution in [0.1, 0.15) is 13.3 Å². The van der Waals surface area contributed by atoms with E-state index in [1.54, 1.807) is 6.07 Å². The van der Waals surface area contributed by atoms with Crippen LogP contribution in [0.4, 0.5) is 11.4 Å². The monoisotopic (exact) mass is 314 g/mol. The van der Waals surface area contributed by atoms with E-state index in [0.717, 1.165) is 25.3 Å². The van der Waals surface area contributed by atoms with Crippen LogP contribution < -0.4 is 5.32 Å². The third kappa shape index (κ3) is 3.00. The van der Waals surface area contributed by atoms with E-state index in [9.17, 15) is 10.1 Å². The lowest BCUT2D eigenvalue weighted by Gasteiger charge is -2.21. The molecule has 1 heterocycles. The molecular weight excluding hydrogens is 300 g/mol. The predicted molar refractivity (Wildman–Crippen MR) is 72.8 cm³/mol. The summed E-state index contributed by atoms with van der Waals surface area (Å²) in [7, 11) is 0. The highest BCUT2D eigenvalue weighted by Gasteiger charge is 2.22. The molecule has 1 aliphatic heterocycles. The fraction of sp³-hybridized carbons (Fsp3) is 0.500. The van der Waals surface area contributed by atoms with Crippen molar-refractivity contribution in [2.45, 2.75) is 19.4 Å². The molecule has 98 valence electrons. The highest BCUT2D eigenvalue weighted by molar-refractivity contribution is 9.10. The Kier molecular flexibility index (Phi) is 4.19. The van der Waals surface area contributed by atoms with Crippen molar-refractivity contribution in [2.24, 2.45) is 5.92 Å². The number of anilines is 1. The molecule has 0 spiro atoms. The molecule has 1 saturated heterocycles. The van der Waals surface area contributed by atoms with Gasteiger partial charge in [0.2, 0.25) is 0 Å². The van der Waals surface area contributed by atoms with Gasteiger partial charge in [-0.15, -0.1) is 0 Å². The van der Waals surface area contributed by atoms with Crippen molar-refractivity contribution in [2.75, 3.05) is 18.5 Å². The maximum absolute atomic E-state index is 10.6. The molecule has 6 heteroatoms. The second kappa shape index (κ2) is 5.67. The molecule has 0 aliphatic carbocycles. The van der Waals surface area contributed by atoms with Crippen LogP contribution in [-0.2, 0) is 4.74 Å². The first-order valence-electron chi connectivity index (χ1n) is 5.86. The predicted octanol–water partition coefficient (Wildman–Crippen LogP) is 3.19. The van der Waals surface area contributed by atoms with Gasteiger partial charge in [-0.1, -0.05) is 0 Å². The molecule has 1 aliphatic rings. The topological polar surface area (TPSA) is 64.4 Å². The molecule has 0 radical (unpaired) electrons. The van der Waals surface area contributed by atoms with Crippen LogP contribution in [0, 0.1) is 16.0 Å². The Morgan fingerprint density at radius 3 is 2.94 bits per heavy atom. The summed E-state index contributed by atoms with van der Waals surface area (Å²) in [6, 6.07) is 5.03. The van der Waals surface area contributed by atoms with Gasteiger partial charge in [0.1, 0.15) is 0 Å². The van der Waals surface area contributed by atoms with E-state index in [0.29, 0.717) is 10.4 Å². The SMILES string of the molecule is CC(Nc1ccc([N+](=O)[O-])cc1Br)C1CCOC1. The number of non-ortho nitro benzene ring substituents is 1. The minimum atomic E-state index is -0.400. The molecule has 0 aromatic heterocycles. The second-order valence-electron chi connectivity index (χ2n) is 4.48. The Morgan fingerprint density at radius 2 is 2.39 bits per heavy atom. The van der Waals surface area contributed by atoms with E-state index in [1.165, 1.54) is 12.1 Å². The van der Waals surface area contributed by atoms with E-state index in [-0.39, 0.29) is 11.7 Å². The quantitative estimate of drug-likeness (QED) is 0.684. The number of hydrogen-bond acceptors (Lipinski definition) is 4. The Bertz CT molecular complexity index is 447. The van der Waals surface area contributed by atoms with E-state index < -0.39 is 4.92 Å². The lowest BCUT2D eigenvalue weighted by atomic mass is 10.0. The first kappa shape index (κ1) is 13.3. The van der Waals surface area contributed by atoms with Gasteiger partial charge >= 0.3 is 0 Å². The van der Waals surface area contributed by atoms with E-state index in [4.69, 9.17) is 4.74 Å². The number of nitrogens with one attached hydrogen (secondary N) is 1. The minimum absolute atomic E-state index is 0.0873. The number of ether oxygens (including phenoxy) is 1. The number of nitrogens with zero attached hydrogens (tertiary/aromatic N) is 1. The summed E-state index contributed by atoms with van der Waals surface area (Å²) in [5.41, 5.74) is 0.962. The van der Waals surface area contributed by atoms with Crippen LogP contribution >= 0.6 is 15.9 Å². The highest BCUT2D eigenvalue weighted by atomic mass is 79.9. The third-order valence-corrected chi connectivity index (χ3v) is 3.87. The zero-order chi connectivity index (χ0) is 13.1. The molecule has 1 fully saturated rings. The maximum Gasteiger partial charge on any atom is 0.270 e. The standard InChI is InChI=1S/C12H15BrN2O3/c1-8(9-4-5-18-7-9)14-12-3-2-10(15(16)17)6-11(12)13/h2-3,6,8-9,14H,4-5,7H2,1H3. The normalized spacial score (nSPS) is 20.7. The van der Waals surface area contributed by atoms with Gasteiger partial charge in [0.05, 0.1) is 11.5 Å². The third-order valence-electron chi connectivity index (χ3n) is 3.22. The van der Waals surface area contributed by atoms with E-state index in [2.05, 4.69) is 28.2 Å². The van der Waals surface area contributed by atoms with Crippen molar-refractivity contribution in [1.29, 1.82) is 0 Å². The number of nitro groups is 1. The Hall–Kier alpha value is -1.14.